The highest BCUT2D eigenvalue weighted by atomic mass is 32.1. The lowest BCUT2D eigenvalue weighted by Gasteiger charge is -2.15. The Morgan fingerprint density at radius 1 is 1.38 bits per heavy atom. The first-order valence-corrected chi connectivity index (χ1v) is 8.37. The van der Waals surface area contributed by atoms with Crippen molar-refractivity contribution in [2.24, 2.45) is 0 Å². The van der Waals surface area contributed by atoms with E-state index in [0.29, 0.717) is 10.0 Å². The minimum Gasteiger partial charge on any atom is -0.311 e. The zero-order chi connectivity index (χ0) is 15.0. The predicted octanol–water partition coefficient (Wildman–Crippen LogP) is 2.19. The third kappa shape index (κ3) is 2.97. The minimum absolute atomic E-state index is 0.172. The second-order valence-corrected chi connectivity index (χ2v) is 7.81. The molecule has 0 aromatic carbocycles. The van der Waals surface area contributed by atoms with Crippen molar-refractivity contribution < 1.29 is 4.79 Å². The first kappa shape index (κ1) is 14.6. The van der Waals surface area contributed by atoms with Crippen LogP contribution in [0, 0.1) is 0 Å². The molecular formula is C13H17N5OS2. The molecule has 21 heavy (non-hydrogen) atoms. The lowest BCUT2D eigenvalue weighted by atomic mass is 9.91. The van der Waals surface area contributed by atoms with Gasteiger partial charge < -0.3 is 5.32 Å². The van der Waals surface area contributed by atoms with E-state index in [0.717, 1.165) is 42.4 Å². The van der Waals surface area contributed by atoms with Gasteiger partial charge in [0.2, 0.25) is 0 Å². The van der Waals surface area contributed by atoms with Crippen molar-refractivity contribution in [2.75, 3.05) is 11.9 Å². The second-order valence-electron chi connectivity index (χ2n) is 5.97. The summed E-state index contributed by atoms with van der Waals surface area (Å²) in [5.74, 6) is -0.172. The van der Waals surface area contributed by atoms with Gasteiger partial charge in [0.25, 0.3) is 5.91 Å². The molecule has 0 atom stereocenters. The molecule has 0 saturated carbocycles. The van der Waals surface area contributed by atoms with Crippen LogP contribution in [-0.2, 0) is 18.4 Å². The van der Waals surface area contributed by atoms with Gasteiger partial charge in [-0.05, 0) is 11.5 Å². The number of amides is 1. The van der Waals surface area contributed by atoms with E-state index in [-0.39, 0.29) is 11.3 Å². The van der Waals surface area contributed by atoms with E-state index >= 15 is 0 Å². The van der Waals surface area contributed by atoms with Gasteiger partial charge in [0, 0.05) is 29.8 Å². The second kappa shape index (κ2) is 5.43. The highest BCUT2D eigenvalue weighted by Gasteiger charge is 2.27. The fourth-order valence-electron chi connectivity index (χ4n) is 2.16. The van der Waals surface area contributed by atoms with Crippen LogP contribution < -0.4 is 10.6 Å². The van der Waals surface area contributed by atoms with Gasteiger partial charge in [-0.3, -0.25) is 10.1 Å². The summed E-state index contributed by atoms with van der Waals surface area (Å²) in [4.78, 5) is 18.7. The number of anilines is 1. The van der Waals surface area contributed by atoms with Gasteiger partial charge in [0.1, 0.15) is 4.88 Å². The third-order valence-corrected chi connectivity index (χ3v) is 4.97. The number of rotatable bonds is 2. The van der Waals surface area contributed by atoms with E-state index in [1.807, 2.05) is 20.8 Å². The Bertz CT molecular complexity index is 647. The maximum absolute atomic E-state index is 12.4. The molecule has 3 heterocycles. The van der Waals surface area contributed by atoms with Crippen LogP contribution in [0.4, 0.5) is 5.13 Å². The Morgan fingerprint density at radius 3 is 2.90 bits per heavy atom. The highest BCUT2D eigenvalue weighted by molar-refractivity contribution is 7.16. The van der Waals surface area contributed by atoms with Gasteiger partial charge in [0.15, 0.2) is 5.13 Å². The van der Waals surface area contributed by atoms with Gasteiger partial charge in [-0.1, -0.05) is 25.3 Å². The molecule has 0 radical (unpaired) electrons. The highest BCUT2D eigenvalue weighted by Crippen LogP contribution is 2.29. The van der Waals surface area contributed by atoms with Crippen LogP contribution in [-0.4, -0.2) is 27.0 Å². The van der Waals surface area contributed by atoms with Crippen molar-refractivity contribution >= 4 is 33.9 Å². The molecule has 112 valence electrons. The Hall–Kier alpha value is -1.38. The molecule has 0 unspecified atom stereocenters. The summed E-state index contributed by atoms with van der Waals surface area (Å²) in [5, 5.41) is 10.9. The predicted molar refractivity (Wildman–Crippen MR) is 84.1 cm³/mol. The number of nitrogens with one attached hydrogen (secondary N) is 2. The van der Waals surface area contributed by atoms with E-state index in [1.165, 1.54) is 16.2 Å². The van der Waals surface area contributed by atoms with Crippen molar-refractivity contribution in [3.63, 3.8) is 0 Å². The molecule has 8 heteroatoms. The number of carbonyl (C=O) groups excluding carboxylic acids is 1. The molecule has 2 N–H and O–H groups in total. The van der Waals surface area contributed by atoms with Gasteiger partial charge in [-0.15, -0.1) is 16.4 Å². The minimum atomic E-state index is -0.203. The summed E-state index contributed by atoms with van der Waals surface area (Å²) in [6.45, 7) is 7.84. The first-order chi connectivity index (χ1) is 9.95. The topological polar surface area (TPSA) is 79.8 Å². The van der Waals surface area contributed by atoms with Crippen molar-refractivity contribution in [3.8, 4) is 0 Å². The van der Waals surface area contributed by atoms with E-state index in [9.17, 15) is 4.79 Å². The lowest BCUT2D eigenvalue weighted by Crippen LogP contribution is -2.22. The number of nitrogens with zero attached hydrogens (tertiary/aromatic N) is 3. The number of hydrogen-bond donors (Lipinski definition) is 2. The SMILES string of the molecule is CC(C)(C)c1nnsc1C(=O)Nc1nc2c(s1)CNCC2. The molecular weight excluding hydrogens is 306 g/mol. The molecule has 1 aliphatic rings. The summed E-state index contributed by atoms with van der Waals surface area (Å²) in [6.07, 6.45) is 0.914. The standard InChI is InChI=1S/C13H17N5OS2/c1-13(2,3)10-9(21-18-17-10)11(19)16-12-15-7-4-5-14-6-8(7)20-12/h14H,4-6H2,1-3H3,(H,15,16,19). The summed E-state index contributed by atoms with van der Waals surface area (Å²) < 4.78 is 3.92. The third-order valence-electron chi connectivity index (χ3n) is 3.23. The number of hydrogen-bond acceptors (Lipinski definition) is 7. The van der Waals surface area contributed by atoms with Gasteiger partial charge in [-0.25, -0.2) is 4.98 Å². The fourth-order valence-corrected chi connectivity index (χ4v) is 3.91. The molecule has 0 fully saturated rings. The molecule has 2 aromatic rings. The van der Waals surface area contributed by atoms with Crippen LogP contribution in [0.3, 0.4) is 0 Å². The molecule has 1 amide bonds. The van der Waals surface area contributed by atoms with Crippen LogP contribution in [0.5, 0.6) is 0 Å². The Labute approximate surface area is 131 Å². The number of thiazole rings is 1. The van der Waals surface area contributed by atoms with Gasteiger partial charge in [0.05, 0.1) is 11.4 Å². The number of aromatic nitrogens is 3. The molecule has 6 nitrogen and oxygen atoms in total. The van der Waals surface area contributed by atoms with Crippen molar-refractivity contribution in [3.05, 3.63) is 21.1 Å². The summed E-state index contributed by atoms with van der Waals surface area (Å²) in [7, 11) is 0. The maximum Gasteiger partial charge on any atom is 0.271 e. The van der Waals surface area contributed by atoms with Gasteiger partial charge in [-0.2, -0.15) is 0 Å². The molecule has 0 spiro atoms. The quantitative estimate of drug-likeness (QED) is 0.885. The van der Waals surface area contributed by atoms with Crippen LogP contribution in [0.25, 0.3) is 0 Å². The zero-order valence-corrected chi connectivity index (χ0v) is 13.8. The van der Waals surface area contributed by atoms with Crippen LogP contribution in [0.1, 0.15) is 46.7 Å². The summed E-state index contributed by atoms with van der Waals surface area (Å²) >= 11 is 2.66. The van der Waals surface area contributed by atoms with Gasteiger partial charge >= 0.3 is 0 Å². The monoisotopic (exact) mass is 323 g/mol. The Morgan fingerprint density at radius 2 is 2.19 bits per heavy atom. The van der Waals surface area contributed by atoms with Crippen molar-refractivity contribution in [2.45, 2.75) is 39.2 Å². The average molecular weight is 323 g/mol. The molecule has 3 rings (SSSR count). The molecule has 2 aromatic heterocycles. The average Bonchev–Trinajstić information content (AvgIpc) is 3.03. The molecule has 0 bridgehead atoms. The molecule has 1 aliphatic heterocycles. The Kier molecular flexibility index (Phi) is 3.76. The Balaban J connectivity index is 1.81. The van der Waals surface area contributed by atoms with Crippen molar-refractivity contribution in [1.29, 1.82) is 0 Å². The smallest absolute Gasteiger partial charge is 0.271 e. The number of fused-ring (bicyclic) bond motifs is 1. The first-order valence-electron chi connectivity index (χ1n) is 6.78. The van der Waals surface area contributed by atoms with E-state index in [4.69, 9.17) is 0 Å². The maximum atomic E-state index is 12.4. The number of carbonyl (C=O) groups is 1. The molecule has 0 saturated heterocycles. The van der Waals surface area contributed by atoms with Crippen molar-refractivity contribution in [1.82, 2.24) is 19.9 Å². The lowest BCUT2D eigenvalue weighted by molar-refractivity contribution is 0.102. The van der Waals surface area contributed by atoms with Crippen LogP contribution in [0.15, 0.2) is 0 Å². The van der Waals surface area contributed by atoms with Crippen LogP contribution >= 0.6 is 22.9 Å². The molecule has 0 aliphatic carbocycles. The van der Waals surface area contributed by atoms with Crippen LogP contribution in [0.2, 0.25) is 0 Å². The van der Waals surface area contributed by atoms with E-state index in [1.54, 1.807) is 0 Å². The summed E-state index contributed by atoms with van der Waals surface area (Å²) in [6, 6.07) is 0. The van der Waals surface area contributed by atoms with E-state index in [2.05, 4.69) is 25.2 Å². The largest absolute Gasteiger partial charge is 0.311 e. The van der Waals surface area contributed by atoms with E-state index < -0.39 is 0 Å². The zero-order valence-electron chi connectivity index (χ0n) is 12.2. The summed E-state index contributed by atoms with van der Waals surface area (Å²) in [5.41, 5.74) is 1.62. The fraction of sp³-hybridized carbons (Fsp3) is 0.538. The normalized spacial score (nSPS) is 14.8.